The molecule has 2 aromatic rings. The molecule has 0 N–H and O–H groups in total. The molecule has 1 aromatic carbocycles. The Morgan fingerprint density at radius 3 is 2.82 bits per heavy atom. The lowest BCUT2D eigenvalue weighted by molar-refractivity contribution is 0.103. The van der Waals surface area contributed by atoms with Crippen molar-refractivity contribution in [2.24, 2.45) is 0 Å². The Morgan fingerprint density at radius 2 is 2.18 bits per heavy atom. The van der Waals surface area contributed by atoms with Crippen LogP contribution in [-0.4, -0.2) is 15.6 Å². The molecule has 88 valence electrons. The van der Waals surface area contributed by atoms with Crippen molar-refractivity contribution in [3.63, 3.8) is 0 Å². The second-order valence-electron chi connectivity index (χ2n) is 3.52. The molecule has 0 fully saturated rings. The average Bonchev–Trinajstić information content (AvgIpc) is 2.80. The normalized spacial score (nSPS) is 10.5. The summed E-state index contributed by atoms with van der Waals surface area (Å²) in [6, 6.07) is 3.53. The zero-order valence-electron chi connectivity index (χ0n) is 9.15. The van der Waals surface area contributed by atoms with Crippen molar-refractivity contribution in [3.8, 4) is 0 Å². The van der Waals surface area contributed by atoms with E-state index in [9.17, 15) is 13.6 Å². The van der Waals surface area contributed by atoms with E-state index in [-0.39, 0.29) is 11.1 Å². The van der Waals surface area contributed by atoms with Gasteiger partial charge >= 0.3 is 0 Å². The number of hydrogen-bond acceptors (Lipinski definition) is 2. The predicted molar refractivity (Wildman–Crippen MR) is 57.7 cm³/mol. The largest absolute Gasteiger partial charge is 0.288 e. The third kappa shape index (κ3) is 2.08. The van der Waals surface area contributed by atoms with Crippen LogP contribution in [0.15, 0.2) is 30.6 Å². The minimum absolute atomic E-state index is 0.247. The maximum atomic E-state index is 13.4. The first kappa shape index (κ1) is 11.4. The van der Waals surface area contributed by atoms with E-state index in [1.54, 1.807) is 4.68 Å². The molecular formula is C12H10F2N2O. The van der Waals surface area contributed by atoms with Gasteiger partial charge in [-0.2, -0.15) is 5.10 Å². The molecule has 0 aliphatic rings. The summed E-state index contributed by atoms with van der Waals surface area (Å²) in [5, 5.41) is 3.91. The molecule has 0 saturated carbocycles. The molecule has 0 atom stereocenters. The Hall–Kier alpha value is -2.04. The molecule has 0 unspecified atom stereocenters. The molecule has 0 spiro atoms. The zero-order valence-corrected chi connectivity index (χ0v) is 9.15. The lowest BCUT2D eigenvalue weighted by atomic mass is 10.1. The summed E-state index contributed by atoms with van der Waals surface area (Å²) in [4.78, 5) is 11.9. The molecule has 2 rings (SSSR count). The van der Waals surface area contributed by atoms with Crippen LogP contribution >= 0.6 is 0 Å². The zero-order chi connectivity index (χ0) is 12.4. The predicted octanol–water partition coefficient (Wildman–Crippen LogP) is 2.41. The summed E-state index contributed by atoms with van der Waals surface area (Å²) < 4.78 is 27.9. The van der Waals surface area contributed by atoms with E-state index >= 15 is 0 Å². The SMILES string of the molecule is CCn1cc(C(=O)c2cccc(F)c2F)cn1. The van der Waals surface area contributed by atoms with Crippen LogP contribution in [0.25, 0.3) is 0 Å². The minimum atomic E-state index is -1.12. The van der Waals surface area contributed by atoms with Gasteiger partial charge in [0.15, 0.2) is 17.4 Å². The van der Waals surface area contributed by atoms with Crippen LogP contribution in [0.2, 0.25) is 0 Å². The van der Waals surface area contributed by atoms with Crippen LogP contribution < -0.4 is 0 Å². The van der Waals surface area contributed by atoms with Crippen molar-refractivity contribution in [3.05, 3.63) is 53.4 Å². The first-order chi connectivity index (χ1) is 8.13. The Kier molecular flexibility index (Phi) is 2.99. The summed E-state index contributed by atoms with van der Waals surface area (Å²) in [6.07, 6.45) is 2.85. The molecule has 3 nitrogen and oxygen atoms in total. The summed E-state index contributed by atoms with van der Waals surface area (Å²) >= 11 is 0. The van der Waals surface area contributed by atoms with E-state index in [1.807, 2.05) is 6.92 Å². The molecule has 0 bridgehead atoms. The van der Waals surface area contributed by atoms with Gasteiger partial charge in [0.25, 0.3) is 0 Å². The number of nitrogens with zero attached hydrogens (tertiary/aromatic N) is 2. The van der Waals surface area contributed by atoms with E-state index in [4.69, 9.17) is 0 Å². The molecule has 0 saturated heterocycles. The van der Waals surface area contributed by atoms with Gasteiger partial charge in [-0.1, -0.05) is 6.07 Å². The first-order valence-corrected chi connectivity index (χ1v) is 5.14. The standard InChI is InChI=1S/C12H10F2N2O/c1-2-16-7-8(6-15-16)12(17)9-4-3-5-10(13)11(9)14/h3-7H,2H2,1H3. The monoisotopic (exact) mass is 236 g/mol. The summed E-state index contributed by atoms with van der Waals surface area (Å²) in [5.74, 6) is -2.72. The number of aromatic nitrogens is 2. The van der Waals surface area contributed by atoms with Crippen LogP contribution in [0.3, 0.4) is 0 Å². The highest BCUT2D eigenvalue weighted by atomic mass is 19.2. The Morgan fingerprint density at radius 1 is 1.41 bits per heavy atom. The maximum absolute atomic E-state index is 13.4. The second kappa shape index (κ2) is 4.45. The van der Waals surface area contributed by atoms with Gasteiger partial charge in [-0.25, -0.2) is 8.78 Å². The molecule has 1 aromatic heterocycles. The van der Waals surface area contributed by atoms with E-state index < -0.39 is 17.4 Å². The molecule has 0 aliphatic heterocycles. The van der Waals surface area contributed by atoms with Gasteiger partial charge < -0.3 is 0 Å². The van der Waals surface area contributed by atoms with Crippen molar-refractivity contribution < 1.29 is 13.6 Å². The molecular weight excluding hydrogens is 226 g/mol. The lowest BCUT2D eigenvalue weighted by Crippen LogP contribution is -2.05. The maximum Gasteiger partial charge on any atom is 0.199 e. The average molecular weight is 236 g/mol. The first-order valence-electron chi connectivity index (χ1n) is 5.14. The van der Waals surface area contributed by atoms with Crippen molar-refractivity contribution in [2.75, 3.05) is 0 Å². The van der Waals surface area contributed by atoms with Gasteiger partial charge in [0, 0.05) is 12.7 Å². The van der Waals surface area contributed by atoms with Crippen LogP contribution in [-0.2, 0) is 6.54 Å². The number of rotatable bonds is 3. The number of halogens is 2. The Bertz CT molecular complexity index is 563. The van der Waals surface area contributed by atoms with Crippen molar-refractivity contribution in [1.29, 1.82) is 0 Å². The van der Waals surface area contributed by atoms with Crippen molar-refractivity contribution in [1.82, 2.24) is 9.78 Å². The topological polar surface area (TPSA) is 34.9 Å². The third-order valence-electron chi connectivity index (χ3n) is 2.42. The minimum Gasteiger partial charge on any atom is -0.288 e. The van der Waals surface area contributed by atoms with Gasteiger partial charge in [-0.3, -0.25) is 9.48 Å². The van der Waals surface area contributed by atoms with Crippen LogP contribution in [0, 0.1) is 11.6 Å². The highest BCUT2D eigenvalue weighted by molar-refractivity contribution is 6.08. The van der Waals surface area contributed by atoms with Gasteiger partial charge in [-0.15, -0.1) is 0 Å². The van der Waals surface area contributed by atoms with Gasteiger partial charge in [-0.05, 0) is 19.1 Å². The van der Waals surface area contributed by atoms with Crippen molar-refractivity contribution in [2.45, 2.75) is 13.5 Å². The fourth-order valence-electron chi connectivity index (χ4n) is 1.49. The van der Waals surface area contributed by atoms with Gasteiger partial charge in [0.05, 0.1) is 17.3 Å². The fraction of sp³-hybridized carbons (Fsp3) is 0.167. The number of benzene rings is 1. The summed E-state index contributed by atoms with van der Waals surface area (Å²) in [5.41, 5.74) is -0.0306. The second-order valence-corrected chi connectivity index (χ2v) is 3.52. The molecule has 0 radical (unpaired) electrons. The molecule has 17 heavy (non-hydrogen) atoms. The number of carbonyl (C=O) groups excluding carboxylic acids is 1. The molecule has 0 aliphatic carbocycles. The molecule has 5 heteroatoms. The van der Waals surface area contributed by atoms with Crippen LogP contribution in [0.5, 0.6) is 0 Å². The molecule has 0 amide bonds. The van der Waals surface area contributed by atoms with E-state index in [1.165, 1.54) is 24.5 Å². The number of carbonyl (C=O) groups is 1. The fourth-order valence-corrected chi connectivity index (χ4v) is 1.49. The number of aryl methyl sites for hydroxylation is 1. The third-order valence-corrected chi connectivity index (χ3v) is 2.42. The molecule has 1 heterocycles. The highest BCUT2D eigenvalue weighted by Gasteiger charge is 2.17. The number of hydrogen-bond donors (Lipinski definition) is 0. The summed E-state index contributed by atoms with van der Waals surface area (Å²) in [6.45, 7) is 2.48. The van der Waals surface area contributed by atoms with Crippen LogP contribution in [0.1, 0.15) is 22.8 Å². The quantitative estimate of drug-likeness (QED) is 0.767. The van der Waals surface area contributed by atoms with Crippen molar-refractivity contribution >= 4 is 5.78 Å². The van der Waals surface area contributed by atoms with E-state index in [2.05, 4.69) is 5.10 Å². The van der Waals surface area contributed by atoms with Crippen LogP contribution in [0.4, 0.5) is 8.78 Å². The smallest absolute Gasteiger partial charge is 0.199 e. The van der Waals surface area contributed by atoms with Gasteiger partial charge in [0.1, 0.15) is 0 Å². The lowest BCUT2D eigenvalue weighted by Gasteiger charge is -2.00. The van der Waals surface area contributed by atoms with Gasteiger partial charge in [0.2, 0.25) is 0 Å². The Balaban J connectivity index is 2.40. The highest BCUT2D eigenvalue weighted by Crippen LogP contribution is 2.15. The van der Waals surface area contributed by atoms with E-state index in [0.29, 0.717) is 6.54 Å². The number of ketones is 1. The van der Waals surface area contributed by atoms with E-state index in [0.717, 1.165) is 6.07 Å². The Labute approximate surface area is 96.7 Å². The summed E-state index contributed by atoms with van der Waals surface area (Å²) in [7, 11) is 0.